The van der Waals surface area contributed by atoms with E-state index in [0.29, 0.717) is 17.2 Å². The lowest BCUT2D eigenvalue weighted by Crippen LogP contribution is -2.05. The Balaban J connectivity index is 2.36. The molecule has 0 atom stereocenters. The molecular weight excluding hydrogens is 196 g/mol. The highest BCUT2D eigenvalue weighted by atomic mass is 32.2. The molecule has 1 heterocycles. The van der Waals surface area contributed by atoms with E-state index < -0.39 is 0 Å². The normalized spacial score (nSPS) is 10.5. The SMILES string of the molecule is CC(C)CSCC(=O)c1cncnc1. The van der Waals surface area contributed by atoms with E-state index >= 15 is 0 Å². The predicted molar refractivity (Wildman–Crippen MR) is 58.5 cm³/mol. The van der Waals surface area contributed by atoms with Crippen LogP contribution < -0.4 is 0 Å². The van der Waals surface area contributed by atoms with Gasteiger partial charge in [-0.2, -0.15) is 11.8 Å². The van der Waals surface area contributed by atoms with Gasteiger partial charge in [-0.05, 0) is 11.7 Å². The van der Waals surface area contributed by atoms with Crippen molar-refractivity contribution in [1.82, 2.24) is 9.97 Å². The number of Topliss-reactive ketones (excluding diaryl/α,β-unsaturated/α-hetero) is 1. The molecule has 1 rings (SSSR count). The molecule has 0 radical (unpaired) electrons. The summed E-state index contributed by atoms with van der Waals surface area (Å²) in [7, 11) is 0. The predicted octanol–water partition coefficient (Wildman–Crippen LogP) is 2.05. The number of ketones is 1. The molecule has 0 aliphatic heterocycles. The largest absolute Gasteiger partial charge is 0.293 e. The molecule has 3 nitrogen and oxygen atoms in total. The molecule has 0 aliphatic rings. The third kappa shape index (κ3) is 3.87. The summed E-state index contributed by atoms with van der Waals surface area (Å²) in [6.45, 7) is 4.28. The molecule has 0 spiro atoms. The summed E-state index contributed by atoms with van der Waals surface area (Å²) < 4.78 is 0. The van der Waals surface area contributed by atoms with Gasteiger partial charge in [0.05, 0.1) is 11.3 Å². The van der Waals surface area contributed by atoms with Gasteiger partial charge in [-0.15, -0.1) is 0 Å². The highest BCUT2D eigenvalue weighted by Gasteiger charge is 2.06. The summed E-state index contributed by atoms with van der Waals surface area (Å²) in [6, 6.07) is 0. The molecule has 0 saturated heterocycles. The number of carbonyl (C=O) groups excluding carboxylic acids is 1. The van der Waals surface area contributed by atoms with Gasteiger partial charge in [0.15, 0.2) is 5.78 Å². The minimum absolute atomic E-state index is 0.108. The van der Waals surface area contributed by atoms with Gasteiger partial charge in [-0.25, -0.2) is 9.97 Å². The Morgan fingerprint density at radius 1 is 1.43 bits per heavy atom. The third-order valence-corrected chi connectivity index (χ3v) is 2.94. The molecular formula is C10H14N2OS. The molecule has 0 aliphatic carbocycles. The molecule has 0 N–H and O–H groups in total. The van der Waals surface area contributed by atoms with Crippen LogP contribution in [0.25, 0.3) is 0 Å². The molecule has 0 aromatic carbocycles. The van der Waals surface area contributed by atoms with Crippen molar-refractivity contribution in [2.45, 2.75) is 13.8 Å². The zero-order valence-electron chi connectivity index (χ0n) is 8.43. The maximum absolute atomic E-state index is 11.5. The quantitative estimate of drug-likeness (QED) is 0.698. The number of hydrogen-bond donors (Lipinski definition) is 0. The summed E-state index contributed by atoms with van der Waals surface area (Å²) in [5, 5.41) is 0. The van der Waals surface area contributed by atoms with E-state index in [9.17, 15) is 4.79 Å². The van der Waals surface area contributed by atoms with E-state index in [-0.39, 0.29) is 5.78 Å². The Morgan fingerprint density at radius 2 is 2.07 bits per heavy atom. The number of rotatable bonds is 5. The number of hydrogen-bond acceptors (Lipinski definition) is 4. The topological polar surface area (TPSA) is 42.9 Å². The fourth-order valence-electron chi connectivity index (χ4n) is 0.914. The van der Waals surface area contributed by atoms with Crippen LogP contribution in [-0.4, -0.2) is 27.3 Å². The Hall–Kier alpha value is -0.900. The number of aromatic nitrogens is 2. The summed E-state index contributed by atoms with van der Waals surface area (Å²) >= 11 is 1.66. The standard InChI is InChI=1S/C10H14N2OS/c1-8(2)5-14-6-10(13)9-3-11-7-12-4-9/h3-4,7-8H,5-6H2,1-2H3. The lowest BCUT2D eigenvalue weighted by atomic mass is 10.2. The molecule has 4 heteroatoms. The number of nitrogens with zero attached hydrogens (tertiary/aromatic N) is 2. The molecule has 0 saturated carbocycles. The van der Waals surface area contributed by atoms with Crippen LogP contribution in [0, 0.1) is 5.92 Å². The Bertz CT molecular complexity index is 287. The highest BCUT2D eigenvalue weighted by molar-refractivity contribution is 7.99. The van der Waals surface area contributed by atoms with Crippen LogP contribution in [0.2, 0.25) is 0 Å². The number of thioether (sulfide) groups is 1. The van der Waals surface area contributed by atoms with Crippen molar-refractivity contribution in [3.05, 3.63) is 24.3 Å². The van der Waals surface area contributed by atoms with Crippen LogP contribution in [0.1, 0.15) is 24.2 Å². The summed E-state index contributed by atoms with van der Waals surface area (Å²) in [5.41, 5.74) is 0.601. The van der Waals surface area contributed by atoms with Crippen LogP contribution in [0.5, 0.6) is 0 Å². The van der Waals surface area contributed by atoms with E-state index in [0.717, 1.165) is 5.75 Å². The van der Waals surface area contributed by atoms with Crippen LogP contribution in [-0.2, 0) is 0 Å². The van der Waals surface area contributed by atoms with Crippen molar-refractivity contribution < 1.29 is 4.79 Å². The summed E-state index contributed by atoms with van der Waals surface area (Å²) in [6.07, 6.45) is 4.55. The van der Waals surface area contributed by atoms with E-state index in [1.807, 2.05) is 0 Å². The minimum Gasteiger partial charge on any atom is -0.293 e. The zero-order valence-corrected chi connectivity index (χ0v) is 9.25. The second kappa shape index (κ2) is 5.75. The van der Waals surface area contributed by atoms with Crippen molar-refractivity contribution in [1.29, 1.82) is 0 Å². The first kappa shape index (κ1) is 11.2. The zero-order chi connectivity index (χ0) is 10.4. The van der Waals surface area contributed by atoms with Gasteiger partial charge in [-0.1, -0.05) is 13.8 Å². The fourth-order valence-corrected chi connectivity index (χ4v) is 1.86. The van der Waals surface area contributed by atoms with Gasteiger partial charge >= 0.3 is 0 Å². The van der Waals surface area contributed by atoms with Crippen molar-refractivity contribution in [3.63, 3.8) is 0 Å². The van der Waals surface area contributed by atoms with Crippen molar-refractivity contribution in [3.8, 4) is 0 Å². The van der Waals surface area contributed by atoms with Crippen LogP contribution in [0.3, 0.4) is 0 Å². The smallest absolute Gasteiger partial charge is 0.175 e. The van der Waals surface area contributed by atoms with Gasteiger partial charge in [0.25, 0.3) is 0 Å². The van der Waals surface area contributed by atoms with Crippen LogP contribution in [0.15, 0.2) is 18.7 Å². The van der Waals surface area contributed by atoms with Gasteiger partial charge in [-0.3, -0.25) is 4.79 Å². The molecule has 0 unspecified atom stereocenters. The van der Waals surface area contributed by atoms with E-state index in [4.69, 9.17) is 0 Å². The number of carbonyl (C=O) groups is 1. The summed E-state index contributed by atoms with van der Waals surface area (Å²) in [5.74, 6) is 2.27. The Labute approximate surface area is 88.3 Å². The molecule has 1 aromatic rings. The maximum Gasteiger partial charge on any atom is 0.175 e. The molecule has 0 amide bonds. The fraction of sp³-hybridized carbons (Fsp3) is 0.500. The molecule has 0 bridgehead atoms. The Kier molecular flexibility index (Phi) is 4.59. The molecule has 14 heavy (non-hydrogen) atoms. The molecule has 1 aromatic heterocycles. The minimum atomic E-state index is 0.108. The Morgan fingerprint density at radius 3 is 2.64 bits per heavy atom. The summed E-state index contributed by atoms with van der Waals surface area (Å²) in [4.78, 5) is 19.1. The van der Waals surface area contributed by atoms with E-state index in [1.165, 1.54) is 6.33 Å². The highest BCUT2D eigenvalue weighted by Crippen LogP contribution is 2.09. The molecule has 76 valence electrons. The monoisotopic (exact) mass is 210 g/mol. The van der Waals surface area contributed by atoms with Crippen LogP contribution in [0.4, 0.5) is 0 Å². The van der Waals surface area contributed by atoms with E-state index in [2.05, 4.69) is 23.8 Å². The van der Waals surface area contributed by atoms with Crippen LogP contribution >= 0.6 is 11.8 Å². The third-order valence-electron chi connectivity index (χ3n) is 1.57. The van der Waals surface area contributed by atoms with Gasteiger partial charge in [0.2, 0.25) is 0 Å². The van der Waals surface area contributed by atoms with Crippen molar-refractivity contribution in [2.75, 3.05) is 11.5 Å². The lowest BCUT2D eigenvalue weighted by molar-refractivity contribution is 0.102. The second-order valence-corrected chi connectivity index (χ2v) is 4.49. The van der Waals surface area contributed by atoms with Gasteiger partial charge in [0, 0.05) is 12.4 Å². The van der Waals surface area contributed by atoms with Crippen molar-refractivity contribution in [2.24, 2.45) is 5.92 Å². The molecule has 0 fully saturated rings. The average molecular weight is 210 g/mol. The first-order valence-corrected chi connectivity index (χ1v) is 5.71. The first-order chi connectivity index (χ1) is 6.70. The first-order valence-electron chi connectivity index (χ1n) is 4.56. The van der Waals surface area contributed by atoms with Crippen molar-refractivity contribution >= 4 is 17.5 Å². The van der Waals surface area contributed by atoms with Gasteiger partial charge in [0.1, 0.15) is 6.33 Å². The average Bonchev–Trinajstić information content (AvgIpc) is 2.18. The maximum atomic E-state index is 11.5. The lowest BCUT2D eigenvalue weighted by Gasteiger charge is -2.03. The second-order valence-electron chi connectivity index (χ2n) is 3.46. The van der Waals surface area contributed by atoms with E-state index in [1.54, 1.807) is 24.2 Å². The van der Waals surface area contributed by atoms with Gasteiger partial charge < -0.3 is 0 Å².